The number of rotatable bonds is 4. The highest BCUT2D eigenvalue weighted by Gasteiger charge is 2.10. The van der Waals surface area contributed by atoms with Crippen molar-refractivity contribution < 1.29 is 14.6 Å². The van der Waals surface area contributed by atoms with Gasteiger partial charge in [0, 0.05) is 4.47 Å². The molecule has 0 bridgehead atoms. The van der Waals surface area contributed by atoms with E-state index in [1.807, 2.05) is 13.8 Å². The molecule has 2 rings (SSSR count). The number of aryl methyl sites for hydroxylation is 2. The molecule has 2 aromatic carbocycles. The van der Waals surface area contributed by atoms with E-state index >= 15 is 0 Å². The van der Waals surface area contributed by atoms with Crippen molar-refractivity contribution in [3.05, 3.63) is 63.1 Å². The van der Waals surface area contributed by atoms with E-state index in [-0.39, 0.29) is 5.56 Å². The Hall–Kier alpha value is -1.81. The maximum Gasteiger partial charge on any atom is 0.336 e. The Kier molecular flexibility index (Phi) is 4.45. The van der Waals surface area contributed by atoms with E-state index in [4.69, 9.17) is 9.84 Å². The largest absolute Gasteiger partial charge is 0.489 e. The molecule has 0 atom stereocenters. The zero-order valence-electron chi connectivity index (χ0n) is 11.3. The number of benzene rings is 2. The topological polar surface area (TPSA) is 46.5 Å². The fraction of sp³-hybridized carbons (Fsp3) is 0.188. The maximum atomic E-state index is 11.1. The Bertz CT molecular complexity index is 650. The molecule has 104 valence electrons. The third-order valence-electron chi connectivity index (χ3n) is 3.07. The second-order valence-corrected chi connectivity index (χ2v) is 5.52. The van der Waals surface area contributed by atoms with Crippen LogP contribution in [0.4, 0.5) is 0 Å². The van der Waals surface area contributed by atoms with Crippen LogP contribution >= 0.6 is 15.9 Å². The lowest BCUT2D eigenvalue weighted by Gasteiger charge is -2.10. The summed E-state index contributed by atoms with van der Waals surface area (Å²) >= 11 is 3.21. The maximum absolute atomic E-state index is 11.1. The molecular weight excluding hydrogens is 320 g/mol. The van der Waals surface area contributed by atoms with Crippen LogP contribution in [0.5, 0.6) is 5.75 Å². The van der Waals surface area contributed by atoms with Crippen molar-refractivity contribution in [1.29, 1.82) is 0 Å². The lowest BCUT2D eigenvalue weighted by atomic mass is 10.1. The molecule has 0 fully saturated rings. The van der Waals surface area contributed by atoms with Gasteiger partial charge in [0.15, 0.2) is 0 Å². The summed E-state index contributed by atoms with van der Waals surface area (Å²) in [6.45, 7) is 4.49. The zero-order chi connectivity index (χ0) is 14.7. The molecule has 0 aliphatic heterocycles. The van der Waals surface area contributed by atoms with Crippen LogP contribution in [-0.2, 0) is 6.61 Å². The highest BCUT2D eigenvalue weighted by molar-refractivity contribution is 9.10. The van der Waals surface area contributed by atoms with Gasteiger partial charge in [-0.2, -0.15) is 0 Å². The summed E-state index contributed by atoms with van der Waals surface area (Å²) in [5, 5.41) is 9.07. The van der Waals surface area contributed by atoms with Crippen molar-refractivity contribution in [2.75, 3.05) is 0 Å². The SMILES string of the molecule is Cc1ccc(C)c(COc2ccc(Br)c(C(=O)O)c2)c1. The van der Waals surface area contributed by atoms with Crippen LogP contribution in [0.15, 0.2) is 40.9 Å². The summed E-state index contributed by atoms with van der Waals surface area (Å²) in [5.41, 5.74) is 3.63. The van der Waals surface area contributed by atoms with Gasteiger partial charge in [0.2, 0.25) is 0 Å². The van der Waals surface area contributed by atoms with Gasteiger partial charge in [-0.1, -0.05) is 23.8 Å². The molecule has 0 aliphatic rings. The normalized spacial score (nSPS) is 10.3. The lowest BCUT2D eigenvalue weighted by Crippen LogP contribution is -2.01. The predicted molar refractivity (Wildman–Crippen MR) is 81.3 cm³/mol. The van der Waals surface area contributed by atoms with E-state index in [0.29, 0.717) is 16.8 Å². The molecule has 0 heterocycles. The van der Waals surface area contributed by atoms with Crippen molar-refractivity contribution >= 4 is 21.9 Å². The summed E-state index contributed by atoms with van der Waals surface area (Å²) in [6.07, 6.45) is 0. The number of ether oxygens (including phenoxy) is 1. The summed E-state index contributed by atoms with van der Waals surface area (Å²) < 4.78 is 6.23. The molecule has 0 unspecified atom stereocenters. The molecule has 2 aromatic rings. The molecular formula is C16H15BrO3. The van der Waals surface area contributed by atoms with E-state index in [1.54, 1.807) is 12.1 Å². The minimum atomic E-state index is -0.978. The van der Waals surface area contributed by atoms with Crippen LogP contribution in [0.3, 0.4) is 0 Å². The number of carboxylic acids is 1. The van der Waals surface area contributed by atoms with Crippen molar-refractivity contribution in [2.24, 2.45) is 0 Å². The van der Waals surface area contributed by atoms with Crippen molar-refractivity contribution in [2.45, 2.75) is 20.5 Å². The standard InChI is InChI=1S/C16H15BrO3/c1-10-3-4-11(2)12(7-10)9-20-13-5-6-15(17)14(8-13)16(18)19/h3-8H,9H2,1-2H3,(H,18,19). The molecule has 0 aromatic heterocycles. The van der Waals surface area contributed by atoms with Gasteiger partial charge in [-0.05, 0) is 59.1 Å². The number of halogens is 1. The van der Waals surface area contributed by atoms with Crippen LogP contribution in [0.25, 0.3) is 0 Å². The second kappa shape index (κ2) is 6.09. The fourth-order valence-electron chi connectivity index (χ4n) is 1.87. The molecule has 1 N–H and O–H groups in total. The molecule has 4 heteroatoms. The summed E-state index contributed by atoms with van der Waals surface area (Å²) in [5.74, 6) is -0.430. The van der Waals surface area contributed by atoms with Crippen LogP contribution in [0.2, 0.25) is 0 Å². The summed E-state index contributed by atoms with van der Waals surface area (Å²) in [6, 6.07) is 11.1. The van der Waals surface area contributed by atoms with Crippen molar-refractivity contribution in [3.63, 3.8) is 0 Å². The van der Waals surface area contributed by atoms with Gasteiger partial charge < -0.3 is 9.84 Å². The van der Waals surface area contributed by atoms with E-state index in [2.05, 4.69) is 34.1 Å². The zero-order valence-corrected chi connectivity index (χ0v) is 12.9. The van der Waals surface area contributed by atoms with Crippen molar-refractivity contribution in [3.8, 4) is 5.75 Å². The number of aromatic carboxylic acids is 1. The number of carboxylic acid groups (broad SMARTS) is 1. The molecule has 20 heavy (non-hydrogen) atoms. The first-order chi connectivity index (χ1) is 9.47. The van der Waals surface area contributed by atoms with Crippen LogP contribution in [0.1, 0.15) is 27.0 Å². The Morgan fingerprint density at radius 2 is 1.95 bits per heavy atom. The Morgan fingerprint density at radius 3 is 2.65 bits per heavy atom. The van der Waals surface area contributed by atoms with Gasteiger partial charge in [0.25, 0.3) is 0 Å². The molecule has 0 radical (unpaired) electrons. The first-order valence-electron chi connectivity index (χ1n) is 6.19. The number of carbonyl (C=O) groups is 1. The third-order valence-corrected chi connectivity index (χ3v) is 3.76. The Morgan fingerprint density at radius 1 is 1.20 bits per heavy atom. The van der Waals surface area contributed by atoms with Gasteiger partial charge in [0.1, 0.15) is 12.4 Å². The monoisotopic (exact) mass is 334 g/mol. The van der Waals surface area contributed by atoms with E-state index < -0.39 is 5.97 Å². The lowest BCUT2D eigenvalue weighted by molar-refractivity contribution is 0.0695. The van der Waals surface area contributed by atoms with Crippen molar-refractivity contribution in [1.82, 2.24) is 0 Å². The molecule has 0 spiro atoms. The fourth-order valence-corrected chi connectivity index (χ4v) is 2.29. The highest BCUT2D eigenvalue weighted by Crippen LogP contribution is 2.23. The Balaban J connectivity index is 2.17. The Labute approximate surface area is 126 Å². The average Bonchev–Trinajstić information content (AvgIpc) is 2.41. The van der Waals surface area contributed by atoms with E-state index in [1.165, 1.54) is 11.6 Å². The van der Waals surface area contributed by atoms with Gasteiger partial charge in [-0.15, -0.1) is 0 Å². The summed E-state index contributed by atoms with van der Waals surface area (Å²) in [7, 11) is 0. The molecule has 0 saturated carbocycles. The third kappa shape index (κ3) is 3.39. The predicted octanol–water partition coefficient (Wildman–Crippen LogP) is 4.34. The number of hydrogen-bond donors (Lipinski definition) is 1. The van der Waals surface area contributed by atoms with Gasteiger partial charge in [-0.3, -0.25) is 0 Å². The molecule has 0 aliphatic carbocycles. The van der Waals surface area contributed by atoms with Crippen LogP contribution in [-0.4, -0.2) is 11.1 Å². The highest BCUT2D eigenvalue weighted by atomic mass is 79.9. The van der Waals surface area contributed by atoms with Gasteiger partial charge in [0.05, 0.1) is 5.56 Å². The first kappa shape index (κ1) is 14.6. The summed E-state index contributed by atoms with van der Waals surface area (Å²) in [4.78, 5) is 11.1. The quantitative estimate of drug-likeness (QED) is 0.904. The minimum Gasteiger partial charge on any atom is -0.489 e. The van der Waals surface area contributed by atoms with Crippen LogP contribution in [0, 0.1) is 13.8 Å². The van der Waals surface area contributed by atoms with Gasteiger partial charge in [-0.25, -0.2) is 4.79 Å². The average molecular weight is 335 g/mol. The minimum absolute atomic E-state index is 0.198. The van der Waals surface area contributed by atoms with Gasteiger partial charge >= 0.3 is 5.97 Å². The van der Waals surface area contributed by atoms with Crippen LogP contribution < -0.4 is 4.74 Å². The molecule has 0 saturated heterocycles. The second-order valence-electron chi connectivity index (χ2n) is 4.67. The first-order valence-corrected chi connectivity index (χ1v) is 6.98. The molecule has 3 nitrogen and oxygen atoms in total. The van der Waals surface area contributed by atoms with E-state index in [9.17, 15) is 4.79 Å². The van der Waals surface area contributed by atoms with E-state index in [0.717, 1.165) is 11.1 Å². The number of hydrogen-bond acceptors (Lipinski definition) is 2. The smallest absolute Gasteiger partial charge is 0.336 e. The molecule has 0 amide bonds.